The summed E-state index contributed by atoms with van der Waals surface area (Å²) >= 11 is 3.67. The molecule has 16 heavy (non-hydrogen) atoms. The number of rotatable bonds is 3. The number of likely N-dealkylation sites (N-methyl/N-ethyl adjacent to an activating group) is 1. The van der Waals surface area contributed by atoms with Crippen LogP contribution in [0.25, 0.3) is 0 Å². The van der Waals surface area contributed by atoms with Gasteiger partial charge in [0.2, 0.25) is 0 Å². The molecule has 0 radical (unpaired) electrons. The largest absolute Gasteiger partial charge is 0.381 e. The number of nitrogens with one attached hydrogen (secondary N) is 1. The highest BCUT2D eigenvalue weighted by Crippen LogP contribution is 2.38. The standard InChI is InChI=1S/C13H18BrNO/c1-15-10-13(6-8-16-9-7-13)11-4-2-3-5-12(11)14/h2-5,15H,6-10H2,1H3. The smallest absolute Gasteiger partial charge is 0.0475 e. The molecule has 3 heteroatoms. The fourth-order valence-corrected chi connectivity index (χ4v) is 3.24. The van der Waals surface area contributed by atoms with Gasteiger partial charge in [0.15, 0.2) is 0 Å². The third-order valence-corrected chi connectivity index (χ3v) is 4.10. The third-order valence-electron chi connectivity index (χ3n) is 3.41. The summed E-state index contributed by atoms with van der Waals surface area (Å²) in [6.45, 7) is 2.74. The van der Waals surface area contributed by atoms with Crippen LogP contribution in [0.2, 0.25) is 0 Å². The quantitative estimate of drug-likeness (QED) is 0.921. The van der Waals surface area contributed by atoms with Crippen molar-refractivity contribution in [2.24, 2.45) is 0 Å². The molecule has 88 valence electrons. The van der Waals surface area contributed by atoms with E-state index in [1.807, 2.05) is 7.05 Å². The van der Waals surface area contributed by atoms with E-state index in [0.717, 1.165) is 32.6 Å². The van der Waals surface area contributed by atoms with Crippen LogP contribution < -0.4 is 5.32 Å². The summed E-state index contributed by atoms with van der Waals surface area (Å²) in [5.74, 6) is 0. The Labute approximate surface area is 106 Å². The molecule has 1 aromatic carbocycles. The topological polar surface area (TPSA) is 21.3 Å². The Morgan fingerprint density at radius 3 is 2.62 bits per heavy atom. The molecule has 1 heterocycles. The van der Waals surface area contributed by atoms with Gasteiger partial charge in [-0.3, -0.25) is 0 Å². The average Bonchev–Trinajstić information content (AvgIpc) is 2.31. The molecule has 1 saturated heterocycles. The number of hydrogen-bond acceptors (Lipinski definition) is 2. The summed E-state index contributed by atoms with van der Waals surface area (Å²) in [5.41, 5.74) is 1.64. The molecule has 1 aliphatic rings. The molecule has 2 nitrogen and oxygen atoms in total. The van der Waals surface area contributed by atoms with Gasteiger partial charge < -0.3 is 10.1 Å². The fourth-order valence-electron chi connectivity index (χ4n) is 2.53. The van der Waals surface area contributed by atoms with Gasteiger partial charge in [-0.1, -0.05) is 34.1 Å². The molecule has 0 amide bonds. The minimum atomic E-state index is 0.229. The van der Waals surface area contributed by atoms with Crippen molar-refractivity contribution in [2.75, 3.05) is 26.8 Å². The first kappa shape index (κ1) is 12.1. The maximum absolute atomic E-state index is 5.49. The maximum Gasteiger partial charge on any atom is 0.0475 e. The summed E-state index contributed by atoms with van der Waals surface area (Å²) in [4.78, 5) is 0. The molecule has 0 bridgehead atoms. The van der Waals surface area contributed by atoms with Crippen LogP contribution >= 0.6 is 15.9 Å². The lowest BCUT2D eigenvalue weighted by molar-refractivity contribution is 0.0503. The fraction of sp³-hybridized carbons (Fsp3) is 0.538. The van der Waals surface area contributed by atoms with Gasteiger partial charge in [-0.15, -0.1) is 0 Å². The van der Waals surface area contributed by atoms with Crippen molar-refractivity contribution in [1.82, 2.24) is 5.32 Å². The highest BCUT2D eigenvalue weighted by Gasteiger charge is 2.34. The molecular formula is C13H18BrNO. The van der Waals surface area contributed by atoms with Gasteiger partial charge in [-0.2, -0.15) is 0 Å². The van der Waals surface area contributed by atoms with Crippen LogP contribution in [-0.4, -0.2) is 26.8 Å². The van der Waals surface area contributed by atoms with Crippen molar-refractivity contribution in [3.8, 4) is 0 Å². The van der Waals surface area contributed by atoms with Crippen molar-refractivity contribution >= 4 is 15.9 Å². The zero-order chi connectivity index (χ0) is 11.4. The highest BCUT2D eigenvalue weighted by atomic mass is 79.9. The number of benzene rings is 1. The zero-order valence-corrected chi connectivity index (χ0v) is 11.2. The molecule has 0 unspecified atom stereocenters. The minimum Gasteiger partial charge on any atom is -0.381 e. The lowest BCUT2D eigenvalue weighted by Gasteiger charge is -2.38. The molecule has 0 aliphatic carbocycles. The summed E-state index contributed by atoms with van der Waals surface area (Å²) in [5, 5.41) is 3.33. The Hall–Kier alpha value is -0.380. The maximum atomic E-state index is 5.49. The zero-order valence-electron chi connectivity index (χ0n) is 9.63. The SMILES string of the molecule is CNCC1(c2ccccc2Br)CCOCC1. The summed E-state index contributed by atoms with van der Waals surface area (Å²) < 4.78 is 6.70. The minimum absolute atomic E-state index is 0.229. The van der Waals surface area contributed by atoms with E-state index in [2.05, 4.69) is 45.5 Å². The van der Waals surface area contributed by atoms with Gasteiger partial charge in [-0.25, -0.2) is 0 Å². The van der Waals surface area contributed by atoms with Crippen LogP contribution in [0.4, 0.5) is 0 Å². The first-order chi connectivity index (χ1) is 7.78. The highest BCUT2D eigenvalue weighted by molar-refractivity contribution is 9.10. The molecule has 0 atom stereocenters. The van der Waals surface area contributed by atoms with E-state index in [1.54, 1.807) is 0 Å². The van der Waals surface area contributed by atoms with Crippen LogP contribution in [-0.2, 0) is 10.2 Å². The van der Waals surface area contributed by atoms with E-state index in [-0.39, 0.29) is 5.41 Å². The van der Waals surface area contributed by atoms with E-state index in [9.17, 15) is 0 Å². The Morgan fingerprint density at radius 2 is 2.00 bits per heavy atom. The Morgan fingerprint density at radius 1 is 1.31 bits per heavy atom. The van der Waals surface area contributed by atoms with Crippen LogP contribution in [0.5, 0.6) is 0 Å². The number of halogens is 1. The van der Waals surface area contributed by atoms with Gasteiger partial charge in [0.1, 0.15) is 0 Å². The van der Waals surface area contributed by atoms with Crippen molar-refractivity contribution in [1.29, 1.82) is 0 Å². The van der Waals surface area contributed by atoms with Crippen LogP contribution in [0.15, 0.2) is 28.7 Å². The van der Waals surface area contributed by atoms with Crippen LogP contribution in [0.1, 0.15) is 18.4 Å². The normalized spacial score (nSPS) is 19.6. The molecule has 1 aromatic rings. The van der Waals surface area contributed by atoms with Crippen LogP contribution in [0.3, 0.4) is 0 Å². The van der Waals surface area contributed by atoms with Gasteiger partial charge >= 0.3 is 0 Å². The van der Waals surface area contributed by atoms with Crippen molar-refractivity contribution < 1.29 is 4.74 Å². The lowest BCUT2D eigenvalue weighted by Crippen LogP contribution is -2.42. The third kappa shape index (κ3) is 2.31. The Balaban J connectivity index is 2.34. The number of hydrogen-bond donors (Lipinski definition) is 1. The summed E-state index contributed by atoms with van der Waals surface area (Å²) in [6, 6.07) is 8.54. The second kappa shape index (κ2) is 5.30. The number of ether oxygens (including phenoxy) is 1. The van der Waals surface area contributed by atoms with Gasteiger partial charge in [0, 0.05) is 29.6 Å². The van der Waals surface area contributed by atoms with Crippen LogP contribution in [0, 0.1) is 0 Å². The van der Waals surface area contributed by atoms with E-state index >= 15 is 0 Å². The van der Waals surface area contributed by atoms with Crippen molar-refractivity contribution in [3.05, 3.63) is 34.3 Å². The molecule has 1 aliphatic heterocycles. The first-order valence-electron chi connectivity index (χ1n) is 5.76. The predicted octanol–water partition coefficient (Wildman–Crippen LogP) is 2.72. The molecule has 1 N–H and O–H groups in total. The predicted molar refractivity (Wildman–Crippen MR) is 69.8 cm³/mol. The Kier molecular flexibility index (Phi) is 4.00. The first-order valence-corrected chi connectivity index (χ1v) is 6.55. The molecule has 0 spiro atoms. The molecular weight excluding hydrogens is 266 g/mol. The monoisotopic (exact) mass is 283 g/mol. The second-order valence-corrected chi connectivity index (χ2v) is 5.26. The second-order valence-electron chi connectivity index (χ2n) is 4.40. The van der Waals surface area contributed by atoms with E-state index in [0.29, 0.717) is 0 Å². The van der Waals surface area contributed by atoms with Gasteiger partial charge in [0.05, 0.1) is 0 Å². The molecule has 2 rings (SSSR count). The van der Waals surface area contributed by atoms with Crippen molar-refractivity contribution in [2.45, 2.75) is 18.3 Å². The average molecular weight is 284 g/mol. The molecule has 0 saturated carbocycles. The van der Waals surface area contributed by atoms with E-state index in [4.69, 9.17) is 4.74 Å². The molecule has 1 fully saturated rings. The Bertz CT molecular complexity index is 342. The lowest BCUT2D eigenvalue weighted by atomic mass is 9.74. The molecule has 0 aromatic heterocycles. The van der Waals surface area contributed by atoms with E-state index in [1.165, 1.54) is 10.0 Å². The summed E-state index contributed by atoms with van der Waals surface area (Å²) in [6.07, 6.45) is 2.19. The van der Waals surface area contributed by atoms with Gasteiger partial charge in [-0.05, 0) is 31.5 Å². The van der Waals surface area contributed by atoms with Crippen molar-refractivity contribution in [3.63, 3.8) is 0 Å². The summed E-state index contributed by atoms with van der Waals surface area (Å²) in [7, 11) is 2.02. The van der Waals surface area contributed by atoms with Gasteiger partial charge in [0.25, 0.3) is 0 Å². The van der Waals surface area contributed by atoms with E-state index < -0.39 is 0 Å².